The Bertz CT molecular complexity index is 651. The van der Waals surface area contributed by atoms with Crippen LogP contribution in [-0.2, 0) is 24.8 Å². The lowest BCUT2D eigenvalue weighted by Crippen LogP contribution is -2.44. The summed E-state index contributed by atoms with van der Waals surface area (Å²) in [5.41, 5.74) is 8.90. The van der Waals surface area contributed by atoms with Crippen LogP contribution in [0.5, 0.6) is 0 Å². The normalized spacial score (nSPS) is 22.3. The average Bonchev–Trinajstić information content (AvgIpc) is 2.93. The second kappa shape index (κ2) is 6.01. The number of nitrogens with two attached hydrogens (primary N) is 1. The Morgan fingerprint density at radius 1 is 1.23 bits per heavy atom. The topological polar surface area (TPSA) is 64.9 Å². The Kier molecular flexibility index (Phi) is 4.24. The lowest BCUT2D eigenvalue weighted by molar-refractivity contribution is 0.228. The molecule has 0 saturated heterocycles. The highest BCUT2D eigenvalue weighted by atomic mass is 35.5. The van der Waals surface area contributed by atoms with Crippen molar-refractivity contribution in [2.45, 2.75) is 50.5 Å². The molecule has 1 unspecified atom stereocenters. The van der Waals surface area contributed by atoms with E-state index in [0.29, 0.717) is 11.7 Å². The van der Waals surface area contributed by atoms with Gasteiger partial charge < -0.3 is 10.3 Å². The van der Waals surface area contributed by atoms with Crippen LogP contribution in [0.2, 0.25) is 0 Å². The quantitative estimate of drug-likeness (QED) is 0.943. The number of fused-ring (bicyclic) bond motifs is 1. The van der Waals surface area contributed by atoms with Gasteiger partial charge in [0.15, 0.2) is 5.82 Å². The lowest BCUT2D eigenvalue weighted by atomic mass is 9.77. The summed E-state index contributed by atoms with van der Waals surface area (Å²) in [6, 6.07) is 8.73. The molecule has 1 aromatic heterocycles. The van der Waals surface area contributed by atoms with Crippen LogP contribution < -0.4 is 5.73 Å². The van der Waals surface area contributed by atoms with E-state index in [1.807, 2.05) is 0 Å². The minimum atomic E-state index is -0.319. The average molecular weight is 320 g/mol. The van der Waals surface area contributed by atoms with Crippen molar-refractivity contribution >= 4 is 12.4 Å². The molecule has 4 nitrogen and oxygen atoms in total. The van der Waals surface area contributed by atoms with Crippen molar-refractivity contribution in [2.24, 2.45) is 11.7 Å². The molecule has 22 heavy (non-hydrogen) atoms. The van der Waals surface area contributed by atoms with Crippen molar-refractivity contribution in [2.75, 3.05) is 0 Å². The van der Waals surface area contributed by atoms with E-state index in [-0.39, 0.29) is 17.9 Å². The molecule has 2 aliphatic carbocycles. The maximum atomic E-state index is 6.25. The summed E-state index contributed by atoms with van der Waals surface area (Å²) in [5.74, 6) is 2.06. The number of aromatic nitrogens is 2. The van der Waals surface area contributed by atoms with Crippen LogP contribution in [0.25, 0.3) is 0 Å². The highest BCUT2D eigenvalue weighted by Crippen LogP contribution is 2.37. The zero-order valence-corrected chi connectivity index (χ0v) is 13.4. The molecular formula is C17H22ClN3O. The Hall–Kier alpha value is -1.39. The molecule has 1 fully saturated rings. The molecule has 4 rings (SSSR count). The van der Waals surface area contributed by atoms with Gasteiger partial charge in [-0.05, 0) is 55.6 Å². The van der Waals surface area contributed by atoms with E-state index in [2.05, 4.69) is 34.4 Å². The highest BCUT2D eigenvalue weighted by molar-refractivity contribution is 5.85. The van der Waals surface area contributed by atoms with Crippen molar-refractivity contribution in [3.63, 3.8) is 0 Å². The summed E-state index contributed by atoms with van der Waals surface area (Å²) in [4.78, 5) is 4.55. The Morgan fingerprint density at radius 3 is 2.73 bits per heavy atom. The Balaban J connectivity index is 0.00000144. The first kappa shape index (κ1) is 15.5. The summed E-state index contributed by atoms with van der Waals surface area (Å²) in [6.45, 7) is 0. The third-order valence-electron chi connectivity index (χ3n) is 5.07. The van der Waals surface area contributed by atoms with E-state index in [1.54, 1.807) is 0 Å². The fourth-order valence-corrected chi connectivity index (χ4v) is 3.52. The Morgan fingerprint density at radius 2 is 2.00 bits per heavy atom. The van der Waals surface area contributed by atoms with Gasteiger partial charge in [-0.15, -0.1) is 12.4 Å². The number of rotatable bonds is 3. The maximum Gasteiger partial charge on any atom is 0.227 e. The van der Waals surface area contributed by atoms with Crippen LogP contribution >= 0.6 is 12.4 Å². The summed E-state index contributed by atoms with van der Waals surface area (Å²) < 4.78 is 5.44. The Labute approximate surface area is 136 Å². The molecule has 2 N–H and O–H groups in total. The lowest BCUT2D eigenvalue weighted by Gasteiger charge is -2.34. The van der Waals surface area contributed by atoms with Gasteiger partial charge in [0.1, 0.15) is 0 Å². The number of hydrogen-bond donors (Lipinski definition) is 1. The number of nitrogens with zero attached hydrogens (tertiary/aromatic N) is 2. The monoisotopic (exact) mass is 319 g/mol. The van der Waals surface area contributed by atoms with E-state index in [9.17, 15) is 0 Å². The molecule has 1 saturated carbocycles. The van der Waals surface area contributed by atoms with E-state index in [0.717, 1.165) is 38.0 Å². The largest absolute Gasteiger partial charge is 0.339 e. The van der Waals surface area contributed by atoms with Gasteiger partial charge in [-0.3, -0.25) is 0 Å². The van der Waals surface area contributed by atoms with Crippen molar-refractivity contribution < 1.29 is 4.52 Å². The van der Waals surface area contributed by atoms with Crippen LogP contribution in [0.15, 0.2) is 28.8 Å². The first-order valence-electron chi connectivity index (χ1n) is 7.92. The summed E-state index contributed by atoms with van der Waals surface area (Å²) in [5, 5.41) is 4.11. The molecular weight excluding hydrogens is 298 g/mol. The van der Waals surface area contributed by atoms with Crippen LogP contribution in [0, 0.1) is 5.92 Å². The number of hydrogen-bond acceptors (Lipinski definition) is 4. The first-order valence-corrected chi connectivity index (χ1v) is 7.92. The first-order chi connectivity index (χ1) is 10.2. The van der Waals surface area contributed by atoms with E-state index in [4.69, 9.17) is 10.3 Å². The molecule has 1 heterocycles. The van der Waals surface area contributed by atoms with Gasteiger partial charge in [0.25, 0.3) is 0 Å². The molecule has 0 amide bonds. The van der Waals surface area contributed by atoms with Gasteiger partial charge in [-0.25, -0.2) is 0 Å². The molecule has 118 valence electrons. The summed E-state index contributed by atoms with van der Waals surface area (Å²) >= 11 is 0. The minimum Gasteiger partial charge on any atom is -0.339 e. The molecule has 0 aliphatic heterocycles. The van der Waals surface area contributed by atoms with Crippen LogP contribution in [0.4, 0.5) is 0 Å². The molecule has 2 aliphatic rings. The second-order valence-corrected chi connectivity index (χ2v) is 6.60. The zero-order valence-electron chi connectivity index (χ0n) is 12.6. The SMILES string of the molecule is Cl.NC1(c2noc(CC3CCc4ccccc4C3)n2)CCC1. The van der Waals surface area contributed by atoms with Crippen LogP contribution in [-0.4, -0.2) is 10.1 Å². The number of halogens is 1. The molecule has 2 aromatic rings. The highest BCUT2D eigenvalue weighted by Gasteiger charge is 2.39. The fraction of sp³-hybridized carbons (Fsp3) is 0.529. The maximum absolute atomic E-state index is 6.25. The summed E-state index contributed by atoms with van der Waals surface area (Å²) in [7, 11) is 0. The third-order valence-corrected chi connectivity index (χ3v) is 5.07. The van der Waals surface area contributed by atoms with Crippen molar-refractivity contribution in [1.82, 2.24) is 10.1 Å². The summed E-state index contributed by atoms with van der Waals surface area (Å²) in [6.07, 6.45) is 7.45. The van der Waals surface area contributed by atoms with Gasteiger partial charge in [0.2, 0.25) is 5.89 Å². The molecule has 0 spiro atoms. The molecule has 1 aromatic carbocycles. The number of aryl methyl sites for hydroxylation is 1. The van der Waals surface area contributed by atoms with E-state index < -0.39 is 0 Å². The molecule has 0 bridgehead atoms. The van der Waals surface area contributed by atoms with Gasteiger partial charge in [0, 0.05) is 6.42 Å². The fourth-order valence-electron chi connectivity index (χ4n) is 3.52. The van der Waals surface area contributed by atoms with Crippen LogP contribution in [0.3, 0.4) is 0 Å². The predicted octanol–water partition coefficient (Wildman–Crippen LogP) is 3.18. The minimum absolute atomic E-state index is 0. The van der Waals surface area contributed by atoms with Crippen molar-refractivity contribution in [3.05, 3.63) is 47.1 Å². The van der Waals surface area contributed by atoms with Gasteiger partial charge in [-0.1, -0.05) is 29.4 Å². The standard InChI is InChI=1S/C17H21N3O.ClH/c18-17(8-3-9-17)16-19-15(21-20-16)11-12-6-7-13-4-1-2-5-14(13)10-12;/h1-2,4-5,12H,3,6-11,18H2;1H. The molecule has 5 heteroatoms. The molecule has 1 atom stereocenters. The third kappa shape index (κ3) is 2.77. The van der Waals surface area contributed by atoms with Crippen molar-refractivity contribution in [3.8, 4) is 0 Å². The van der Waals surface area contributed by atoms with E-state index in [1.165, 1.54) is 24.0 Å². The molecule has 0 radical (unpaired) electrons. The zero-order chi connectivity index (χ0) is 14.3. The van der Waals surface area contributed by atoms with Gasteiger partial charge in [-0.2, -0.15) is 4.98 Å². The predicted molar refractivity (Wildman–Crippen MR) is 86.9 cm³/mol. The number of benzene rings is 1. The van der Waals surface area contributed by atoms with Crippen molar-refractivity contribution in [1.29, 1.82) is 0 Å². The van der Waals surface area contributed by atoms with E-state index >= 15 is 0 Å². The van der Waals surface area contributed by atoms with Crippen LogP contribution in [0.1, 0.15) is 48.5 Å². The smallest absolute Gasteiger partial charge is 0.227 e. The second-order valence-electron chi connectivity index (χ2n) is 6.60. The van der Waals surface area contributed by atoms with Gasteiger partial charge >= 0.3 is 0 Å². The van der Waals surface area contributed by atoms with Gasteiger partial charge in [0.05, 0.1) is 5.54 Å².